The predicted molar refractivity (Wildman–Crippen MR) is 85.9 cm³/mol. The Morgan fingerprint density at radius 1 is 1.38 bits per heavy atom. The summed E-state index contributed by atoms with van der Waals surface area (Å²) in [4.78, 5) is 16.5. The van der Waals surface area contributed by atoms with Crippen LogP contribution >= 0.6 is 0 Å². The Kier molecular flexibility index (Phi) is 3.02. The number of piperazine rings is 1. The van der Waals surface area contributed by atoms with E-state index in [9.17, 15) is 9.90 Å². The summed E-state index contributed by atoms with van der Waals surface area (Å²) in [7, 11) is 3.77. The van der Waals surface area contributed by atoms with Gasteiger partial charge in [-0.15, -0.1) is 0 Å². The molecule has 0 amide bonds. The van der Waals surface area contributed by atoms with E-state index >= 15 is 0 Å². The van der Waals surface area contributed by atoms with E-state index in [0.717, 1.165) is 12.2 Å². The predicted octanol–water partition coefficient (Wildman–Crippen LogP) is 1.11. The van der Waals surface area contributed by atoms with Crippen molar-refractivity contribution in [2.45, 2.75) is 43.2 Å². The molecule has 6 heteroatoms. The van der Waals surface area contributed by atoms with E-state index in [1.54, 1.807) is 7.11 Å². The molecule has 0 spiro atoms. The second-order valence-electron chi connectivity index (χ2n) is 7.40. The maximum absolute atomic E-state index is 11.8. The van der Waals surface area contributed by atoms with Crippen molar-refractivity contribution >= 4 is 5.97 Å². The number of aliphatic carboxylic acids is 1. The molecule has 6 nitrogen and oxygen atoms in total. The molecule has 0 aliphatic carbocycles. The summed E-state index contributed by atoms with van der Waals surface area (Å²) in [5, 5.41) is 9.71. The van der Waals surface area contributed by atoms with Gasteiger partial charge in [-0.3, -0.25) is 14.6 Å². The van der Waals surface area contributed by atoms with Gasteiger partial charge in [0.1, 0.15) is 12.0 Å². The first-order valence-electron chi connectivity index (χ1n) is 8.61. The highest BCUT2D eigenvalue weighted by atomic mass is 16.5. The largest absolute Gasteiger partial charge is 0.496 e. The molecule has 3 fully saturated rings. The number of likely N-dealkylation sites (N-methyl/N-ethyl adjacent to an activating group) is 1. The van der Waals surface area contributed by atoms with Gasteiger partial charge in [-0.1, -0.05) is 12.1 Å². The fourth-order valence-electron chi connectivity index (χ4n) is 5.63. The molecule has 4 aliphatic heterocycles. The SMILES string of the molecule is COc1cccc2c1[C@H]1CO[C@H]3[C@@H]4C[C@H](C(=O)O)[C@H]([C@@H](C2)N13)N4C. The maximum Gasteiger partial charge on any atom is 0.308 e. The van der Waals surface area contributed by atoms with Crippen molar-refractivity contribution in [2.24, 2.45) is 5.92 Å². The number of rotatable bonds is 2. The highest BCUT2D eigenvalue weighted by Gasteiger charge is 2.62. The van der Waals surface area contributed by atoms with Gasteiger partial charge in [-0.2, -0.15) is 0 Å². The molecule has 0 aromatic heterocycles. The van der Waals surface area contributed by atoms with Crippen LogP contribution in [0.25, 0.3) is 0 Å². The summed E-state index contributed by atoms with van der Waals surface area (Å²) in [6.07, 6.45) is 1.52. The van der Waals surface area contributed by atoms with Gasteiger partial charge in [-0.25, -0.2) is 0 Å². The molecule has 128 valence electrons. The van der Waals surface area contributed by atoms with Crippen LogP contribution in [0.1, 0.15) is 23.6 Å². The topological polar surface area (TPSA) is 62.2 Å². The van der Waals surface area contributed by atoms with E-state index in [-0.39, 0.29) is 36.3 Å². The number of hydrogen-bond acceptors (Lipinski definition) is 5. The van der Waals surface area contributed by atoms with Crippen molar-refractivity contribution < 1.29 is 19.4 Å². The zero-order valence-corrected chi connectivity index (χ0v) is 13.9. The number of hydrogen-bond donors (Lipinski definition) is 1. The third kappa shape index (κ3) is 1.68. The van der Waals surface area contributed by atoms with Crippen molar-refractivity contribution in [3.05, 3.63) is 29.3 Å². The number of benzene rings is 1. The fraction of sp³-hybridized carbons (Fsp3) is 0.611. The standard InChI is InChI=1S/C18H22N2O4/c1-19-12-7-10(18(21)22)16(19)11-6-9-4-3-5-14(23-2)15(9)13-8-24-17(12)20(11)13/h3-5,10-13,16-17H,6-8H2,1-2H3,(H,21,22)/t10-,11+,12-,13+,16+,17-/m0/s1. The molecule has 1 N–H and O–H groups in total. The minimum atomic E-state index is -0.677. The van der Waals surface area contributed by atoms with Gasteiger partial charge in [0.2, 0.25) is 0 Å². The first-order valence-corrected chi connectivity index (χ1v) is 8.61. The van der Waals surface area contributed by atoms with Gasteiger partial charge >= 0.3 is 5.97 Å². The number of ether oxygens (including phenoxy) is 2. The molecule has 1 aromatic carbocycles. The second kappa shape index (κ2) is 4.94. The molecule has 2 bridgehead atoms. The van der Waals surface area contributed by atoms with E-state index in [4.69, 9.17) is 9.47 Å². The first kappa shape index (κ1) is 14.7. The number of carbonyl (C=O) groups is 1. The molecule has 0 radical (unpaired) electrons. The highest BCUT2D eigenvalue weighted by molar-refractivity contribution is 5.72. The van der Waals surface area contributed by atoms with E-state index in [1.165, 1.54) is 11.1 Å². The smallest absolute Gasteiger partial charge is 0.308 e. The van der Waals surface area contributed by atoms with Gasteiger partial charge in [0.15, 0.2) is 0 Å². The van der Waals surface area contributed by atoms with Crippen LogP contribution in [0.5, 0.6) is 5.75 Å². The monoisotopic (exact) mass is 330 g/mol. The third-order valence-corrected chi connectivity index (χ3v) is 6.54. The second-order valence-corrected chi connectivity index (χ2v) is 7.40. The van der Waals surface area contributed by atoms with Crippen LogP contribution in [-0.4, -0.2) is 66.0 Å². The Morgan fingerprint density at radius 2 is 2.21 bits per heavy atom. The summed E-state index contributed by atoms with van der Waals surface area (Å²) in [6, 6.07) is 6.76. The summed E-state index contributed by atoms with van der Waals surface area (Å²) in [5.41, 5.74) is 2.50. The van der Waals surface area contributed by atoms with Crippen LogP contribution in [-0.2, 0) is 16.0 Å². The zero-order chi connectivity index (χ0) is 16.6. The summed E-state index contributed by atoms with van der Waals surface area (Å²) < 4.78 is 11.8. The molecular formula is C18H22N2O4. The molecule has 5 rings (SSSR count). The maximum atomic E-state index is 11.8. The number of methoxy groups -OCH3 is 1. The minimum absolute atomic E-state index is 0.0105. The molecule has 6 atom stereocenters. The summed E-state index contributed by atoms with van der Waals surface area (Å²) in [5.74, 6) is -0.0724. The minimum Gasteiger partial charge on any atom is -0.496 e. The lowest BCUT2D eigenvalue weighted by Gasteiger charge is -2.51. The Balaban J connectivity index is 1.64. The molecule has 4 aliphatic rings. The molecule has 4 heterocycles. The Hall–Kier alpha value is -1.63. The van der Waals surface area contributed by atoms with Gasteiger partial charge in [0, 0.05) is 17.6 Å². The third-order valence-electron chi connectivity index (χ3n) is 6.54. The highest BCUT2D eigenvalue weighted by Crippen LogP contribution is 2.52. The van der Waals surface area contributed by atoms with Gasteiger partial charge in [-0.05, 0) is 31.5 Å². The van der Waals surface area contributed by atoms with Crippen LogP contribution in [0.15, 0.2) is 18.2 Å². The Morgan fingerprint density at radius 3 is 2.96 bits per heavy atom. The average molecular weight is 330 g/mol. The van der Waals surface area contributed by atoms with Gasteiger partial charge in [0.05, 0.1) is 31.7 Å². The number of fused-ring (bicyclic) bond motifs is 6. The van der Waals surface area contributed by atoms with Crippen molar-refractivity contribution in [2.75, 3.05) is 20.8 Å². The first-order chi connectivity index (χ1) is 11.6. The molecule has 3 saturated heterocycles. The van der Waals surface area contributed by atoms with Gasteiger partial charge < -0.3 is 14.6 Å². The molecule has 1 aromatic rings. The molecular weight excluding hydrogens is 308 g/mol. The Labute approximate surface area is 140 Å². The van der Waals surface area contributed by atoms with Gasteiger partial charge in [0.25, 0.3) is 0 Å². The lowest BCUT2D eigenvalue weighted by Crippen LogP contribution is -2.64. The summed E-state index contributed by atoms with van der Waals surface area (Å²) >= 11 is 0. The van der Waals surface area contributed by atoms with Crippen LogP contribution < -0.4 is 4.74 Å². The van der Waals surface area contributed by atoms with E-state index in [2.05, 4.69) is 22.9 Å². The van der Waals surface area contributed by atoms with Crippen LogP contribution in [0.2, 0.25) is 0 Å². The van der Waals surface area contributed by atoms with Crippen LogP contribution in [0.3, 0.4) is 0 Å². The number of nitrogens with zero attached hydrogens (tertiary/aromatic N) is 2. The molecule has 0 unspecified atom stereocenters. The molecule has 0 saturated carbocycles. The normalized spacial score (nSPS) is 40.2. The zero-order valence-electron chi connectivity index (χ0n) is 13.9. The fourth-order valence-corrected chi connectivity index (χ4v) is 5.63. The lowest BCUT2D eigenvalue weighted by molar-refractivity contribution is -0.144. The van der Waals surface area contributed by atoms with Crippen molar-refractivity contribution in [3.8, 4) is 5.75 Å². The number of carboxylic acid groups (broad SMARTS) is 1. The van der Waals surface area contributed by atoms with E-state index in [0.29, 0.717) is 13.0 Å². The summed E-state index contributed by atoms with van der Waals surface area (Å²) in [6.45, 7) is 0.656. The average Bonchev–Trinajstić information content (AvgIpc) is 3.10. The molecule has 24 heavy (non-hydrogen) atoms. The Bertz CT molecular complexity index is 708. The van der Waals surface area contributed by atoms with E-state index < -0.39 is 5.97 Å². The van der Waals surface area contributed by atoms with Crippen molar-refractivity contribution in [1.82, 2.24) is 9.80 Å². The number of carboxylic acids is 1. The lowest BCUT2D eigenvalue weighted by atomic mass is 9.82. The van der Waals surface area contributed by atoms with E-state index in [1.807, 2.05) is 12.1 Å². The quantitative estimate of drug-likeness (QED) is 0.876. The van der Waals surface area contributed by atoms with Crippen molar-refractivity contribution in [1.29, 1.82) is 0 Å². The van der Waals surface area contributed by atoms with Crippen molar-refractivity contribution in [3.63, 3.8) is 0 Å². The van der Waals surface area contributed by atoms with Crippen LogP contribution in [0.4, 0.5) is 0 Å². The van der Waals surface area contributed by atoms with Crippen LogP contribution in [0, 0.1) is 5.92 Å².